The van der Waals surface area contributed by atoms with Crippen molar-refractivity contribution in [2.24, 2.45) is 0 Å². The molecule has 1 aromatic heterocycles. The van der Waals surface area contributed by atoms with Crippen molar-refractivity contribution in [1.82, 2.24) is 4.90 Å². The molecule has 4 rings (SSSR count). The van der Waals surface area contributed by atoms with Crippen molar-refractivity contribution in [3.05, 3.63) is 48.4 Å². The number of carbonyl (C=O) groups is 2. The monoisotopic (exact) mass is 383 g/mol. The van der Waals surface area contributed by atoms with E-state index in [2.05, 4.69) is 15.5 Å². The Kier molecular flexibility index (Phi) is 4.95. The van der Waals surface area contributed by atoms with Crippen LogP contribution in [0.15, 0.2) is 47.1 Å². The summed E-state index contributed by atoms with van der Waals surface area (Å²) in [6.45, 7) is 1.76. The number of fused-ring (bicyclic) bond motifs is 2. The summed E-state index contributed by atoms with van der Waals surface area (Å²) in [5.74, 6) is 0.409. The average molecular weight is 383 g/mol. The summed E-state index contributed by atoms with van der Waals surface area (Å²) in [4.78, 5) is 25.8. The second kappa shape index (κ2) is 7.41. The van der Waals surface area contributed by atoms with E-state index in [1.165, 1.54) is 6.92 Å². The average Bonchev–Trinajstić information content (AvgIpc) is 3.25. The van der Waals surface area contributed by atoms with Gasteiger partial charge in [0.2, 0.25) is 11.8 Å². The molecule has 2 aromatic rings. The molecule has 3 N–H and O–H groups in total. The van der Waals surface area contributed by atoms with E-state index < -0.39 is 5.60 Å². The van der Waals surface area contributed by atoms with Crippen LogP contribution >= 0.6 is 0 Å². The van der Waals surface area contributed by atoms with Gasteiger partial charge in [-0.1, -0.05) is 0 Å². The fraction of sp³-hybridized carbons (Fsp3) is 0.429. The lowest BCUT2D eigenvalue weighted by Crippen LogP contribution is -2.51. The molecule has 2 amide bonds. The minimum atomic E-state index is -0.943. The van der Waals surface area contributed by atoms with Gasteiger partial charge >= 0.3 is 0 Å². The zero-order chi connectivity index (χ0) is 19.7. The van der Waals surface area contributed by atoms with E-state index in [1.54, 1.807) is 36.6 Å². The molecule has 28 heavy (non-hydrogen) atoms. The van der Waals surface area contributed by atoms with Crippen LogP contribution in [0.4, 0.5) is 11.4 Å². The van der Waals surface area contributed by atoms with Gasteiger partial charge in [0.15, 0.2) is 0 Å². The fourth-order valence-corrected chi connectivity index (χ4v) is 4.53. The minimum Gasteiger partial charge on any atom is -0.466 e. The van der Waals surface area contributed by atoms with Crippen molar-refractivity contribution in [3.63, 3.8) is 0 Å². The van der Waals surface area contributed by atoms with E-state index in [1.807, 2.05) is 6.07 Å². The van der Waals surface area contributed by atoms with Crippen LogP contribution in [0.25, 0.3) is 0 Å². The topological polar surface area (TPSA) is 94.8 Å². The Balaban J connectivity index is 1.36. The van der Waals surface area contributed by atoms with Crippen LogP contribution in [0.5, 0.6) is 0 Å². The molecule has 2 saturated heterocycles. The lowest BCUT2D eigenvalue weighted by molar-refractivity contribution is -0.121. The molecule has 7 nitrogen and oxygen atoms in total. The van der Waals surface area contributed by atoms with Gasteiger partial charge in [-0.3, -0.25) is 14.5 Å². The van der Waals surface area contributed by atoms with Crippen molar-refractivity contribution in [2.45, 2.75) is 50.3 Å². The summed E-state index contributed by atoms with van der Waals surface area (Å²) in [5, 5.41) is 16.6. The summed E-state index contributed by atoms with van der Waals surface area (Å²) >= 11 is 0. The van der Waals surface area contributed by atoms with Crippen molar-refractivity contribution >= 4 is 23.2 Å². The van der Waals surface area contributed by atoms with Gasteiger partial charge in [-0.05, 0) is 62.1 Å². The molecule has 2 fully saturated rings. The van der Waals surface area contributed by atoms with Crippen molar-refractivity contribution in [2.75, 3.05) is 17.2 Å². The molecule has 7 heteroatoms. The number of anilines is 2. The molecule has 0 radical (unpaired) electrons. The zero-order valence-corrected chi connectivity index (χ0v) is 15.9. The van der Waals surface area contributed by atoms with E-state index >= 15 is 0 Å². The first-order chi connectivity index (χ1) is 13.4. The maximum absolute atomic E-state index is 12.5. The molecule has 1 aromatic carbocycles. The van der Waals surface area contributed by atoms with Crippen LogP contribution in [0.1, 0.15) is 38.4 Å². The quantitative estimate of drug-likeness (QED) is 0.738. The number of rotatable bonds is 5. The van der Waals surface area contributed by atoms with Gasteiger partial charge < -0.3 is 20.2 Å². The number of hydrogen-bond donors (Lipinski definition) is 3. The maximum Gasteiger partial charge on any atom is 0.238 e. The number of aliphatic hydroxyl groups is 1. The first kappa shape index (κ1) is 18.7. The second-order valence-electron chi connectivity index (χ2n) is 7.78. The number of amides is 2. The van der Waals surface area contributed by atoms with Gasteiger partial charge in [0, 0.05) is 30.4 Å². The lowest BCUT2D eigenvalue weighted by atomic mass is 9.84. The van der Waals surface area contributed by atoms with Crippen molar-refractivity contribution < 1.29 is 19.1 Å². The Bertz CT molecular complexity index is 833. The van der Waals surface area contributed by atoms with E-state index in [4.69, 9.17) is 4.42 Å². The second-order valence-corrected chi connectivity index (χ2v) is 7.78. The third-order valence-corrected chi connectivity index (χ3v) is 5.71. The summed E-state index contributed by atoms with van der Waals surface area (Å²) in [6, 6.07) is 11.0. The minimum absolute atomic E-state index is 0.0763. The van der Waals surface area contributed by atoms with Crippen LogP contribution in [0.2, 0.25) is 0 Å². The molecular formula is C21H25N3O4. The predicted molar refractivity (Wildman–Crippen MR) is 105 cm³/mol. The fourth-order valence-electron chi connectivity index (χ4n) is 4.53. The standard InChI is InChI=1S/C21H25N3O4/c1-14(25)22-15-4-6-16(7-5-15)23-20(26)13-24-17-8-9-18(24)12-21(27,11-17)19-3-2-10-28-19/h2-7,10,17-18,27H,8-9,11-13H2,1H3,(H,22,25)(H,23,26). The van der Waals surface area contributed by atoms with E-state index in [0.717, 1.165) is 12.8 Å². The number of hydrogen-bond acceptors (Lipinski definition) is 5. The summed E-state index contributed by atoms with van der Waals surface area (Å²) in [6.07, 6.45) is 4.70. The summed E-state index contributed by atoms with van der Waals surface area (Å²) in [5.41, 5.74) is 0.439. The van der Waals surface area contributed by atoms with Gasteiger partial charge in [-0.25, -0.2) is 0 Å². The van der Waals surface area contributed by atoms with Crippen LogP contribution < -0.4 is 10.6 Å². The summed E-state index contributed by atoms with van der Waals surface area (Å²) < 4.78 is 5.46. The predicted octanol–water partition coefficient (Wildman–Crippen LogP) is 2.69. The molecule has 2 bridgehead atoms. The Labute approximate surface area is 163 Å². The molecule has 2 aliphatic rings. The van der Waals surface area contributed by atoms with Crippen molar-refractivity contribution in [1.29, 1.82) is 0 Å². The maximum atomic E-state index is 12.5. The highest BCUT2D eigenvalue weighted by molar-refractivity contribution is 5.93. The van der Waals surface area contributed by atoms with Gasteiger partial charge in [-0.15, -0.1) is 0 Å². The van der Waals surface area contributed by atoms with E-state index in [9.17, 15) is 14.7 Å². The molecule has 2 unspecified atom stereocenters. The molecule has 148 valence electrons. The number of piperidine rings is 1. The normalized spacial score (nSPS) is 26.8. The van der Waals surface area contributed by atoms with E-state index in [-0.39, 0.29) is 23.9 Å². The zero-order valence-electron chi connectivity index (χ0n) is 15.9. The Morgan fingerprint density at radius 3 is 2.25 bits per heavy atom. The van der Waals surface area contributed by atoms with Crippen molar-refractivity contribution in [3.8, 4) is 0 Å². The van der Waals surface area contributed by atoms with E-state index in [0.29, 0.717) is 36.5 Å². The molecule has 2 aliphatic heterocycles. The van der Waals surface area contributed by atoms with Gasteiger partial charge in [-0.2, -0.15) is 0 Å². The highest BCUT2D eigenvalue weighted by Crippen LogP contribution is 2.45. The smallest absolute Gasteiger partial charge is 0.238 e. The van der Waals surface area contributed by atoms with Gasteiger partial charge in [0.05, 0.1) is 12.8 Å². The van der Waals surface area contributed by atoms with Gasteiger partial charge in [0.25, 0.3) is 0 Å². The first-order valence-electron chi connectivity index (χ1n) is 9.62. The van der Waals surface area contributed by atoms with Crippen LogP contribution in [-0.4, -0.2) is 40.4 Å². The Morgan fingerprint density at radius 1 is 1.11 bits per heavy atom. The largest absolute Gasteiger partial charge is 0.466 e. The molecule has 2 atom stereocenters. The highest BCUT2D eigenvalue weighted by atomic mass is 16.4. The Hall–Kier alpha value is -2.64. The van der Waals surface area contributed by atoms with Gasteiger partial charge in [0.1, 0.15) is 11.4 Å². The van der Waals surface area contributed by atoms with Crippen LogP contribution in [0.3, 0.4) is 0 Å². The Morgan fingerprint density at radius 2 is 1.71 bits per heavy atom. The molecule has 0 saturated carbocycles. The lowest BCUT2D eigenvalue weighted by Gasteiger charge is -2.42. The number of nitrogens with zero attached hydrogens (tertiary/aromatic N) is 1. The molecule has 0 spiro atoms. The third kappa shape index (κ3) is 3.81. The van der Waals surface area contributed by atoms with Crippen LogP contribution in [-0.2, 0) is 15.2 Å². The molecule has 0 aliphatic carbocycles. The van der Waals surface area contributed by atoms with Crippen LogP contribution in [0, 0.1) is 0 Å². The molecular weight excluding hydrogens is 358 g/mol. The third-order valence-electron chi connectivity index (χ3n) is 5.71. The number of carbonyl (C=O) groups excluding carboxylic acids is 2. The number of furan rings is 1. The number of nitrogens with one attached hydrogen (secondary N) is 2. The summed E-state index contributed by atoms with van der Waals surface area (Å²) in [7, 11) is 0. The number of benzene rings is 1. The first-order valence-corrected chi connectivity index (χ1v) is 9.62. The SMILES string of the molecule is CC(=O)Nc1ccc(NC(=O)CN2C3CCC2CC(O)(c2ccco2)C3)cc1. The highest BCUT2D eigenvalue weighted by Gasteiger charge is 2.49. The molecule has 3 heterocycles.